The molecule has 1 saturated heterocycles. The molecule has 0 aliphatic carbocycles. The van der Waals surface area contributed by atoms with Gasteiger partial charge in [-0.15, -0.1) is 23.5 Å². The van der Waals surface area contributed by atoms with Crippen LogP contribution in [0.2, 0.25) is 0 Å². The number of rotatable bonds is 1. The van der Waals surface area contributed by atoms with E-state index in [0.29, 0.717) is 11.0 Å². The second kappa shape index (κ2) is 4.78. The predicted octanol–water partition coefficient (Wildman–Crippen LogP) is 3.66. The van der Waals surface area contributed by atoms with Crippen molar-refractivity contribution < 1.29 is 4.42 Å². The molecule has 2 heterocycles. The van der Waals surface area contributed by atoms with Crippen molar-refractivity contribution in [2.75, 3.05) is 11.5 Å². The molecule has 1 aromatic carbocycles. The molecule has 88 valence electrons. The molecule has 0 spiro atoms. The first-order chi connectivity index (χ1) is 8.36. The quantitative estimate of drug-likeness (QED) is 0.786. The summed E-state index contributed by atoms with van der Waals surface area (Å²) in [7, 11) is 0. The molecule has 1 aromatic heterocycles. The van der Waals surface area contributed by atoms with Crippen LogP contribution in [0.25, 0.3) is 11.0 Å². The summed E-state index contributed by atoms with van der Waals surface area (Å²) in [6.45, 7) is 0. The normalized spacial score (nSPS) is 17.4. The Bertz CT molecular complexity index is 585. The third-order valence-electron chi connectivity index (χ3n) is 2.79. The average Bonchev–Trinajstić information content (AvgIpc) is 2.40. The van der Waals surface area contributed by atoms with Crippen molar-refractivity contribution in [2.45, 2.75) is 11.0 Å². The Labute approximate surface area is 108 Å². The second-order valence-electron chi connectivity index (χ2n) is 3.94. The van der Waals surface area contributed by atoms with Gasteiger partial charge in [-0.1, -0.05) is 12.1 Å². The number of para-hydroxylation sites is 1. The van der Waals surface area contributed by atoms with Gasteiger partial charge in [-0.25, -0.2) is 0 Å². The number of hydrogen-bond acceptors (Lipinski definition) is 4. The summed E-state index contributed by atoms with van der Waals surface area (Å²) < 4.78 is 5.79. The molecule has 1 fully saturated rings. The molecule has 0 amide bonds. The maximum Gasteiger partial charge on any atom is 0.197 e. The highest BCUT2D eigenvalue weighted by Crippen LogP contribution is 2.42. The minimum absolute atomic E-state index is 0.124. The molecule has 1 aliphatic rings. The Hall–Kier alpha value is -0.870. The van der Waals surface area contributed by atoms with Gasteiger partial charge in [-0.2, -0.15) is 0 Å². The van der Waals surface area contributed by atoms with Crippen LogP contribution < -0.4 is 5.43 Å². The van der Waals surface area contributed by atoms with Crippen molar-refractivity contribution in [3.05, 3.63) is 46.3 Å². The molecule has 1 aliphatic heterocycles. The van der Waals surface area contributed by atoms with Crippen LogP contribution in [-0.4, -0.2) is 11.5 Å². The van der Waals surface area contributed by atoms with E-state index in [4.69, 9.17) is 4.42 Å². The van der Waals surface area contributed by atoms with Crippen LogP contribution in [-0.2, 0) is 0 Å². The van der Waals surface area contributed by atoms with Crippen molar-refractivity contribution >= 4 is 34.5 Å². The Morgan fingerprint density at radius 3 is 2.76 bits per heavy atom. The molecule has 0 N–H and O–H groups in total. The van der Waals surface area contributed by atoms with Gasteiger partial charge in [0.25, 0.3) is 0 Å². The fourth-order valence-corrected chi connectivity index (χ4v) is 4.80. The van der Waals surface area contributed by atoms with Gasteiger partial charge in [0, 0.05) is 0 Å². The number of thioether (sulfide) groups is 2. The van der Waals surface area contributed by atoms with Crippen molar-refractivity contribution in [3.8, 4) is 0 Å². The predicted molar refractivity (Wildman–Crippen MR) is 74.8 cm³/mol. The number of hydrogen-bond donors (Lipinski definition) is 0. The Kier molecular flexibility index (Phi) is 3.16. The monoisotopic (exact) mass is 264 g/mol. The first-order valence-corrected chi connectivity index (χ1v) is 7.69. The molecule has 2 nitrogen and oxygen atoms in total. The van der Waals surface area contributed by atoms with Crippen LogP contribution in [0.4, 0.5) is 0 Å². The van der Waals surface area contributed by atoms with Crippen LogP contribution in [0.3, 0.4) is 0 Å². The van der Waals surface area contributed by atoms with Crippen LogP contribution >= 0.6 is 23.5 Å². The lowest BCUT2D eigenvalue weighted by molar-refractivity contribution is 0.596. The van der Waals surface area contributed by atoms with Crippen molar-refractivity contribution in [1.29, 1.82) is 0 Å². The topological polar surface area (TPSA) is 30.2 Å². The van der Waals surface area contributed by atoms with Gasteiger partial charge in [0.05, 0.1) is 15.5 Å². The van der Waals surface area contributed by atoms with E-state index in [0.717, 1.165) is 17.1 Å². The minimum atomic E-state index is 0.124. The summed E-state index contributed by atoms with van der Waals surface area (Å²) in [4.78, 5) is 12.3. The van der Waals surface area contributed by atoms with E-state index < -0.39 is 0 Å². The van der Waals surface area contributed by atoms with Crippen molar-refractivity contribution in [2.24, 2.45) is 0 Å². The summed E-state index contributed by atoms with van der Waals surface area (Å²) in [5.74, 6) is 2.26. The molecule has 4 heteroatoms. The molecule has 0 saturated carbocycles. The molecule has 17 heavy (non-hydrogen) atoms. The van der Waals surface area contributed by atoms with E-state index in [1.165, 1.54) is 6.42 Å². The van der Waals surface area contributed by atoms with Crippen LogP contribution in [0.5, 0.6) is 0 Å². The lowest BCUT2D eigenvalue weighted by Gasteiger charge is -2.20. The smallest absolute Gasteiger partial charge is 0.197 e. The first kappa shape index (κ1) is 11.2. The largest absolute Gasteiger partial charge is 0.464 e. The lowest BCUT2D eigenvalue weighted by atomic mass is 10.2. The summed E-state index contributed by atoms with van der Waals surface area (Å²) in [6.07, 6.45) is 2.87. The van der Waals surface area contributed by atoms with Crippen molar-refractivity contribution in [3.63, 3.8) is 0 Å². The Balaban J connectivity index is 2.11. The van der Waals surface area contributed by atoms with E-state index in [2.05, 4.69) is 0 Å². The standard InChI is InChI=1S/C13H12O2S2/c14-12-9-4-1-2-5-11(9)15-8-10(12)13-16-6-3-7-17-13/h1-2,4-5,8,13H,3,6-7H2. The summed E-state index contributed by atoms with van der Waals surface area (Å²) >= 11 is 3.68. The number of benzene rings is 1. The van der Waals surface area contributed by atoms with Crippen molar-refractivity contribution in [1.82, 2.24) is 0 Å². The van der Waals surface area contributed by atoms with Gasteiger partial charge in [-0.05, 0) is 30.1 Å². The van der Waals surface area contributed by atoms with Gasteiger partial charge in [0.1, 0.15) is 11.8 Å². The summed E-state index contributed by atoms with van der Waals surface area (Å²) in [6, 6.07) is 7.43. The zero-order valence-corrected chi connectivity index (χ0v) is 10.9. The molecule has 0 radical (unpaired) electrons. The lowest BCUT2D eigenvalue weighted by Crippen LogP contribution is -2.12. The zero-order chi connectivity index (χ0) is 11.7. The average molecular weight is 264 g/mol. The van der Waals surface area contributed by atoms with Gasteiger partial charge in [0.2, 0.25) is 0 Å². The highest BCUT2D eigenvalue weighted by Gasteiger charge is 2.21. The summed E-state index contributed by atoms with van der Waals surface area (Å²) in [5.41, 5.74) is 1.60. The van der Waals surface area contributed by atoms with Gasteiger partial charge >= 0.3 is 0 Å². The maximum absolute atomic E-state index is 12.3. The third-order valence-corrected chi connectivity index (χ3v) is 5.77. The first-order valence-electron chi connectivity index (χ1n) is 5.60. The van der Waals surface area contributed by atoms with E-state index in [1.807, 2.05) is 47.8 Å². The Morgan fingerprint density at radius 2 is 1.94 bits per heavy atom. The van der Waals surface area contributed by atoms with Gasteiger partial charge < -0.3 is 4.42 Å². The van der Waals surface area contributed by atoms with E-state index >= 15 is 0 Å². The van der Waals surface area contributed by atoms with E-state index in [9.17, 15) is 4.79 Å². The molecule has 0 bridgehead atoms. The number of fused-ring (bicyclic) bond motifs is 1. The molecule has 2 aromatic rings. The zero-order valence-electron chi connectivity index (χ0n) is 9.22. The van der Waals surface area contributed by atoms with Gasteiger partial charge in [0.15, 0.2) is 5.43 Å². The van der Waals surface area contributed by atoms with E-state index in [1.54, 1.807) is 6.26 Å². The van der Waals surface area contributed by atoms with Crippen LogP contribution in [0.15, 0.2) is 39.7 Å². The minimum Gasteiger partial charge on any atom is -0.464 e. The maximum atomic E-state index is 12.3. The molecule has 0 atom stereocenters. The fraction of sp³-hybridized carbons (Fsp3) is 0.308. The highest BCUT2D eigenvalue weighted by atomic mass is 32.2. The van der Waals surface area contributed by atoms with E-state index in [-0.39, 0.29) is 10.0 Å². The fourth-order valence-electron chi connectivity index (χ4n) is 1.92. The highest BCUT2D eigenvalue weighted by molar-refractivity contribution is 8.16. The van der Waals surface area contributed by atoms with Crippen LogP contribution in [0.1, 0.15) is 16.6 Å². The van der Waals surface area contributed by atoms with Gasteiger partial charge in [-0.3, -0.25) is 4.79 Å². The Morgan fingerprint density at radius 1 is 1.18 bits per heavy atom. The van der Waals surface area contributed by atoms with Crippen LogP contribution in [0, 0.1) is 0 Å². The molecular formula is C13H12O2S2. The molecular weight excluding hydrogens is 252 g/mol. The molecule has 3 rings (SSSR count). The molecule has 0 unspecified atom stereocenters. The SMILES string of the molecule is O=c1c(C2SCCCS2)coc2ccccc12. The second-order valence-corrected chi connectivity index (χ2v) is 6.67. The summed E-state index contributed by atoms with van der Waals surface area (Å²) in [5, 5.41) is 0.691. The third kappa shape index (κ3) is 2.11.